The van der Waals surface area contributed by atoms with E-state index in [-0.39, 0.29) is 11.3 Å². The highest BCUT2D eigenvalue weighted by molar-refractivity contribution is 7.11. The first-order valence-electron chi connectivity index (χ1n) is 6.27. The van der Waals surface area contributed by atoms with Gasteiger partial charge in [-0.2, -0.15) is 0 Å². The Labute approximate surface area is 111 Å². The number of aliphatic carboxylic acids is 1. The molecule has 1 heterocycles. The Morgan fingerprint density at radius 3 is 2.72 bits per heavy atom. The molecule has 0 atom stereocenters. The fraction of sp³-hybridized carbons (Fsp3) is 0.692. The van der Waals surface area contributed by atoms with Crippen molar-refractivity contribution < 1.29 is 9.90 Å². The smallest absolute Gasteiger partial charge is 0.306 e. The Morgan fingerprint density at radius 1 is 1.56 bits per heavy atom. The Kier molecular flexibility index (Phi) is 3.73. The highest BCUT2D eigenvalue weighted by Crippen LogP contribution is 2.29. The number of aromatic nitrogens is 1. The molecular weight excluding hydrogens is 248 g/mol. The maximum Gasteiger partial charge on any atom is 0.306 e. The Bertz CT molecular complexity index is 430. The number of carboxylic acids is 1. The van der Waals surface area contributed by atoms with Crippen molar-refractivity contribution in [1.29, 1.82) is 0 Å². The second-order valence-electron chi connectivity index (χ2n) is 5.97. The predicted molar refractivity (Wildman–Crippen MR) is 71.8 cm³/mol. The van der Waals surface area contributed by atoms with Gasteiger partial charge in [-0.1, -0.05) is 20.8 Å². The van der Waals surface area contributed by atoms with Crippen LogP contribution < -0.4 is 5.32 Å². The largest absolute Gasteiger partial charge is 0.481 e. The maximum atomic E-state index is 10.7. The van der Waals surface area contributed by atoms with Crippen LogP contribution in [0.2, 0.25) is 0 Å². The number of hydrogen-bond donors (Lipinski definition) is 2. The van der Waals surface area contributed by atoms with Gasteiger partial charge in [-0.3, -0.25) is 4.79 Å². The Morgan fingerprint density at radius 2 is 2.22 bits per heavy atom. The van der Waals surface area contributed by atoms with E-state index in [9.17, 15) is 4.79 Å². The highest BCUT2D eigenvalue weighted by Gasteiger charge is 2.33. The molecule has 18 heavy (non-hydrogen) atoms. The van der Waals surface area contributed by atoms with Crippen LogP contribution >= 0.6 is 11.3 Å². The van der Waals surface area contributed by atoms with E-state index < -0.39 is 5.97 Å². The summed E-state index contributed by atoms with van der Waals surface area (Å²) in [6, 6.07) is 0.353. The third kappa shape index (κ3) is 3.09. The lowest BCUT2D eigenvalue weighted by molar-refractivity contribution is -0.145. The Hall–Kier alpha value is -0.940. The normalized spacial score (nSPS) is 23.7. The van der Waals surface area contributed by atoms with Crippen LogP contribution in [-0.2, 0) is 16.8 Å². The minimum absolute atomic E-state index is 0.105. The van der Waals surface area contributed by atoms with E-state index in [4.69, 9.17) is 5.11 Å². The van der Waals surface area contributed by atoms with E-state index in [0.29, 0.717) is 6.04 Å². The molecule has 0 unspecified atom stereocenters. The third-order valence-corrected chi connectivity index (χ3v) is 4.67. The molecule has 2 N–H and O–H groups in total. The molecular formula is C13H20N2O2S. The summed E-state index contributed by atoms with van der Waals surface area (Å²) in [5.74, 6) is -0.810. The van der Waals surface area contributed by atoms with Crippen molar-refractivity contribution in [3.05, 3.63) is 16.1 Å². The van der Waals surface area contributed by atoms with Gasteiger partial charge in [0.2, 0.25) is 0 Å². The molecule has 0 aliphatic heterocycles. The molecule has 0 bridgehead atoms. The molecule has 1 aromatic heterocycles. The van der Waals surface area contributed by atoms with E-state index in [1.807, 2.05) is 6.20 Å². The van der Waals surface area contributed by atoms with E-state index in [0.717, 1.165) is 24.4 Å². The van der Waals surface area contributed by atoms with Crippen LogP contribution in [0.5, 0.6) is 0 Å². The molecule has 0 saturated heterocycles. The number of thiazole rings is 1. The number of nitrogens with one attached hydrogen (secondary N) is 1. The van der Waals surface area contributed by atoms with Gasteiger partial charge in [-0.25, -0.2) is 4.98 Å². The molecule has 1 fully saturated rings. The molecule has 0 spiro atoms. The van der Waals surface area contributed by atoms with Crippen molar-refractivity contribution in [1.82, 2.24) is 10.3 Å². The topological polar surface area (TPSA) is 62.2 Å². The summed E-state index contributed by atoms with van der Waals surface area (Å²) in [6.07, 6.45) is 3.42. The fourth-order valence-electron chi connectivity index (χ4n) is 1.97. The summed E-state index contributed by atoms with van der Waals surface area (Å²) >= 11 is 1.73. The average molecular weight is 268 g/mol. The summed E-state index contributed by atoms with van der Waals surface area (Å²) < 4.78 is 0. The molecule has 2 rings (SSSR count). The van der Waals surface area contributed by atoms with Crippen molar-refractivity contribution in [2.75, 3.05) is 0 Å². The maximum absolute atomic E-state index is 10.7. The molecule has 0 aromatic carbocycles. The first kappa shape index (κ1) is 13.5. The lowest BCUT2D eigenvalue weighted by Gasteiger charge is -2.32. The summed E-state index contributed by atoms with van der Waals surface area (Å²) in [6.45, 7) is 7.27. The van der Waals surface area contributed by atoms with Crippen LogP contribution in [0.4, 0.5) is 0 Å². The molecule has 1 aliphatic rings. The van der Waals surface area contributed by atoms with Crippen molar-refractivity contribution in [2.24, 2.45) is 5.92 Å². The lowest BCUT2D eigenvalue weighted by atomic mass is 9.80. The van der Waals surface area contributed by atoms with Gasteiger partial charge in [-0.05, 0) is 12.8 Å². The van der Waals surface area contributed by atoms with Crippen molar-refractivity contribution >= 4 is 17.3 Å². The fourth-order valence-corrected chi connectivity index (χ4v) is 2.89. The molecule has 5 heteroatoms. The van der Waals surface area contributed by atoms with Crippen LogP contribution in [0.25, 0.3) is 0 Å². The zero-order valence-corrected chi connectivity index (χ0v) is 11.9. The monoisotopic (exact) mass is 268 g/mol. The second-order valence-corrected chi connectivity index (χ2v) is 7.08. The molecule has 1 aromatic rings. The van der Waals surface area contributed by atoms with Gasteiger partial charge in [0.25, 0.3) is 0 Å². The molecule has 1 aliphatic carbocycles. The average Bonchev–Trinajstić information content (AvgIpc) is 2.62. The minimum atomic E-state index is -0.666. The number of rotatable bonds is 4. The van der Waals surface area contributed by atoms with Gasteiger partial charge >= 0.3 is 5.97 Å². The van der Waals surface area contributed by atoms with Crippen molar-refractivity contribution in [3.63, 3.8) is 0 Å². The van der Waals surface area contributed by atoms with Gasteiger partial charge in [0, 0.05) is 29.1 Å². The molecule has 4 nitrogen and oxygen atoms in total. The summed E-state index contributed by atoms with van der Waals surface area (Å²) in [5, 5.41) is 13.3. The SMILES string of the molecule is CC(C)(C)c1ncc(CNC2CC(C(=O)O)C2)s1. The highest BCUT2D eigenvalue weighted by atomic mass is 32.1. The van der Waals surface area contributed by atoms with E-state index in [1.54, 1.807) is 11.3 Å². The standard InChI is InChI=1S/C13H20N2O2S/c1-13(2,3)12-15-7-10(18-12)6-14-9-4-8(5-9)11(16)17/h7-9,14H,4-6H2,1-3H3,(H,16,17). The summed E-state index contributed by atoms with van der Waals surface area (Å²) in [5.41, 5.74) is 0.105. The predicted octanol–water partition coefficient (Wildman–Crippen LogP) is 2.39. The van der Waals surface area contributed by atoms with Crippen LogP contribution in [0, 0.1) is 5.92 Å². The van der Waals surface area contributed by atoms with Gasteiger partial charge in [-0.15, -0.1) is 11.3 Å². The van der Waals surface area contributed by atoms with Gasteiger partial charge in [0.1, 0.15) is 0 Å². The molecule has 0 amide bonds. The van der Waals surface area contributed by atoms with E-state index in [2.05, 4.69) is 31.1 Å². The van der Waals surface area contributed by atoms with Crippen molar-refractivity contribution in [2.45, 2.75) is 51.6 Å². The number of carboxylic acid groups (broad SMARTS) is 1. The number of carbonyl (C=O) groups is 1. The first-order valence-corrected chi connectivity index (χ1v) is 7.09. The van der Waals surface area contributed by atoms with Crippen molar-refractivity contribution in [3.8, 4) is 0 Å². The summed E-state index contributed by atoms with van der Waals surface area (Å²) in [4.78, 5) is 16.3. The van der Waals surface area contributed by atoms with Crippen LogP contribution in [-0.4, -0.2) is 22.1 Å². The zero-order valence-electron chi connectivity index (χ0n) is 11.1. The third-order valence-electron chi connectivity index (χ3n) is 3.25. The lowest BCUT2D eigenvalue weighted by Crippen LogP contribution is -2.43. The van der Waals surface area contributed by atoms with E-state index >= 15 is 0 Å². The van der Waals surface area contributed by atoms with Gasteiger partial charge in [0.05, 0.1) is 10.9 Å². The number of hydrogen-bond acceptors (Lipinski definition) is 4. The second kappa shape index (κ2) is 4.97. The zero-order chi connectivity index (χ0) is 13.3. The molecule has 1 saturated carbocycles. The number of nitrogens with zero attached hydrogens (tertiary/aromatic N) is 1. The van der Waals surface area contributed by atoms with Crippen LogP contribution in [0.1, 0.15) is 43.5 Å². The molecule has 100 valence electrons. The van der Waals surface area contributed by atoms with E-state index in [1.165, 1.54) is 4.88 Å². The molecule has 0 radical (unpaired) electrons. The van der Waals surface area contributed by atoms with Crippen LogP contribution in [0.3, 0.4) is 0 Å². The first-order chi connectivity index (χ1) is 8.36. The van der Waals surface area contributed by atoms with Gasteiger partial charge in [0.15, 0.2) is 0 Å². The van der Waals surface area contributed by atoms with Crippen LogP contribution in [0.15, 0.2) is 6.20 Å². The minimum Gasteiger partial charge on any atom is -0.481 e. The van der Waals surface area contributed by atoms with Gasteiger partial charge < -0.3 is 10.4 Å². The Balaban J connectivity index is 1.78. The quantitative estimate of drug-likeness (QED) is 0.880. The summed E-state index contributed by atoms with van der Waals surface area (Å²) in [7, 11) is 0.